The van der Waals surface area contributed by atoms with Crippen molar-refractivity contribution < 1.29 is 34.0 Å². The Morgan fingerprint density at radius 1 is 1.39 bits per heavy atom. The number of carboxylic acid groups (broad SMARTS) is 1. The van der Waals surface area contributed by atoms with E-state index in [-0.39, 0.29) is 42.0 Å². The van der Waals surface area contributed by atoms with Crippen LogP contribution in [0.25, 0.3) is 5.52 Å². The van der Waals surface area contributed by atoms with E-state index in [0.29, 0.717) is 11.3 Å². The van der Waals surface area contributed by atoms with Gasteiger partial charge in [-0.15, -0.1) is 23.1 Å². The van der Waals surface area contributed by atoms with E-state index < -0.39 is 29.2 Å². The third-order valence-electron chi connectivity index (χ3n) is 6.10. The number of hydrogen-bond donors (Lipinski definition) is 4. The molecule has 0 unspecified atom stereocenters. The number of thiazole rings is 1. The first-order valence-corrected chi connectivity index (χ1v) is 13.5. The highest BCUT2D eigenvalue weighted by Crippen LogP contribution is 2.40. The number of oxime groups is 1. The van der Waals surface area contributed by atoms with Crippen LogP contribution in [0.5, 0.6) is 0 Å². The van der Waals surface area contributed by atoms with E-state index in [9.17, 15) is 24.6 Å². The zero-order valence-corrected chi connectivity index (χ0v) is 21.7. The molecule has 3 aromatic rings. The highest BCUT2D eigenvalue weighted by molar-refractivity contribution is 8.00. The number of fused-ring (bicyclic) bond motifs is 2. The molecule has 1 saturated heterocycles. The van der Waals surface area contributed by atoms with Crippen molar-refractivity contribution in [2.75, 3.05) is 18.1 Å². The van der Waals surface area contributed by atoms with E-state index in [4.69, 9.17) is 10.6 Å². The average molecular weight is 559 g/mol. The third-order valence-corrected chi connectivity index (χ3v) is 8.11. The summed E-state index contributed by atoms with van der Waals surface area (Å²) in [4.78, 5) is 48.7. The van der Waals surface area contributed by atoms with Crippen LogP contribution in [0.2, 0.25) is 0 Å². The van der Waals surface area contributed by atoms with Gasteiger partial charge in [-0.25, -0.2) is 9.78 Å². The van der Waals surface area contributed by atoms with Gasteiger partial charge < -0.3 is 30.5 Å². The molecule has 0 saturated carbocycles. The highest BCUT2D eigenvalue weighted by Gasteiger charge is 2.54. The van der Waals surface area contributed by atoms with Crippen molar-refractivity contribution in [3.05, 3.63) is 58.8 Å². The van der Waals surface area contributed by atoms with Crippen molar-refractivity contribution in [3.63, 3.8) is 0 Å². The summed E-state index contributed by atoms with van der Waals surface area (Å²) in [7, 11) is 0. The van der Waals surface area contributed by atoms with E-state index in [1.54, 1.807) is 18.5 Å². The second kappa shape index (κ2) is 10.4. The Kier molecular flexibility index (Phi) is 7.05. The molecule has 2 amide bonds. The lowest BCUT2D eigenvalue weighted by Crippen LogP contribution is -2.71. The van der Waals surface area contributed by atoms with Gasteiger partial charge >= 0.3 is 5.97 Å². The van der Waals surface area contributed by atoms with Gasteiger partial charge in [-0.1, -0.05) is 5.16 Å². The molecule has 0 bridgehead atoms. The van der Waals surface area contributed by atoms with Gasteiger partial charge in [0.2, 0.25) is 0 Å². The van der Waals surface area contributed by atoms with Crippen LogP contribution < -0.4 is 15.6 Å². The maximum Gasteiger partial charge on any atom is 0.352 e. The molecule has 38 heavy (non-hydrogen) atoms. The van der Waals surface area contributed by atoms with Crippen LogP contribution in [0.4, 0.5) is 5.13 Å². The SMILES string of the molecule is CCON=C(C(=O)N[C@@H]1C(=O)N2C(C(=O)O)=C(C[n+]3ccn4ccc(CO)c4c3)CS[C@@H]12)c1csc(N)n1. The number of carbonyl (C=O) groups excluding carboxylic acids is 2. The number of nitrogen functional groups attached to an aromatic ring is 1. The topological polar surface area (TPSA) is 176 Å². The molecule has 5 heterocycles. The summed E-state index contributed by atoms with van der Waals surface area (Å²) in [6, 6.07) is 0.868. The largest absolute Gasteiger partial charge is 0.477 e. The summed E-state index contributed by atoms with van der Waals surface area (Å²) in [5.74, 6) is -2.09. The molecule has 13 nitrogen and oxygen atoms in total. The highest BCUT2D eigenvalue weighted by atomic mass is 32.2. The lowest BCUT2D eigenvalue weighted by atomic mass is 10.0. The van der Waals surface area contributed by atoms with Crippen molar-refractivity contribution in [1.29, 1.82) is 0 Å². The van der Waals surface area contributed by atoms with Gasteiger partial charge in [-0.3, -0.25) is 14.5 Å². The number of thioether (sulfide) groups is 1. The number of nitrogens with two attached hydrogens (primary N) is 1. The minimum Gasteiger partial charge on any atom is -0.477 e. The zero-order chi connectivity index (χ0) is 27.0. The van der Waals surface area contributed by atoms with Gasteiger partial charge in [0.1, 0.15) is 34.9 Å². The van der Waals surface area contributed by atoms with E-state index in [0.717, 1.165) is 22.4 Å². The molecule has 0 aromatic carbocycles. The first-order chi connectivity index (χ1) is 18.3. The van der Waals surface area contributed by atoms with E-state index >= 15 is 0 Å². The number of rotatable bonds is 9. The zero-order valence-electron chi connectivity index (χ0n) is 20.1. The average Bonchev–Trinajstić information content (AvgIpc) is 3.52. The molecule has 3 aromatic heterocycles. The van der Waals surface area contributed by atoms with Gasteiger partial charge in [-0.05, 0) is 13.0 Å². The second-order valence-corrected chi connectivity index (χ2v) is 10.4. The van der Waals surface area contributed by atoms with Crippen LogP contribution in [0.1, 0.15) is 18.2 Å². The van der Waals surface area contributed by atoms with Crippen LogP contribution in [-0.4, -0.2) is 71.8 Å². The number of aliphatic carboxylic acids is 1. The predicted octanol–water partition coefficient (Wildman–Crippen LogP) is -0.0628. The van der Waals surface area contributed by atoms with Crippen molar-refractivity contribution in [3.8, 4) is 0 Å². The number of carbonyl (C=O) groups is 3. The van der Waals surface area contributed by atoms with Gasteiger partial charge in [0.05, 0.1) is 12.8 Å². The Bertz CT molecular complexity index is 1500. The summed E-state index contributed by atoms with van der Waals surface area (Å²) in [5.41, 5.74) is 7.78. The summed E-state index contributed by atoms with van der Waals surface area (Å²) in [5, 5.41) is 27.3. The molecule has 5 rings (SSSR count). The van der Waals surface area contributed by atoms with E-state index in [2.05, 4.69) is 15.5 Å². The maximum atomic E-state index is 13.1. The smallest absolute Gasteiger partial charge is 0.352 e. The predicted molar refractivity (Wildman–Crippen MR) is 138 cm³/mol. The Morgan fingerprint density at radius 2 is 2.21 bits per heavy atom. The third kappa shape index (κ3) is 4.59. The Morgan fingerprint density at radius 3 is 2.89 bits per heavy atom. The van der Waals surface area contributed by atoms with Crippen molar-refractivity contribution >= 4 is 57.2 Å². The van der Waals surface area contributed by atoms with Crippen LogP contribution in [0, 0.1) is 0 Å². The minimum absolute atomic E-state index is 0.0927. The number of aromatic nitrogens is 3. The van der Waals surface area contributed by atoms with Crippen LogP contribution in [0.15, 0.2) is 52.7 Å². The molecule has 0 aliphatic carbocycles. The Balaban J connectivity index is 1.36. The summed E-state index contributed by atoms with van der Waals surface area (Å²) >= 11 is 2.50. The number of amides is 2. The van der Waals surface area contributed by atoms with Gasteiger partial charge in [0, 0.05) is 28.5 Å². The summed E-state index contributed by atoms with van der Waals surface area (Å²) in [6.07, 6.45) is 7.25. The molecule has 0 radical (unpaired) electrons. The number of hydrogen-bond acceptors (Lipinski definition) is 10. The monoisotopic (exact) mass is 558 g/mol. The van der Waals surface area contributed by atoms with Gasteiger partial charge in [0.15, 0.2) is 29.8 Å². The molecule has 15 heteroatoms. The number of aliphatic hydroxyl groups excluding tert-OH is 1. The summed E-state index contributed by atoms with van der Waals surface area (Å²) in [6.45, 7) is 2.05. The Hall–Kier alpha value is -3.95. The number of anilines is 1. The molecule has 2 atom stereocenters. The molecule has 1 fully saturated rings. The fourth-order valence-corrected chi connectivity index (χ4v) is 6.22. The fourth-order valence-electron chi connectivity index (χ4n) is 4.34. The van der Waals surface area contributed by atoms with Crippen molar-refractivity contribution in [2.24, 2.45) is 5.16 Å². The first-order valence-electron chi connectivity index (χ1n) is 11.5. The van der Waals surface area contributed by atoms with E-state index in [1.165, 1.54) is 16.7 Å². The Labute approximate surface area is 224 Å². The molecular formula is C23H24N7O6S2+. The molecular weight excluding hydrogens is 534 g/mol. The van der Waals surface area contributed by atoms with Crippen LogP contribution in [-0.2, 0) is 32.4 Å². The van der Waals surface area contributed by atoms with E-state index in [1.807, 2.05) is 33.6 Å². The summed E-state index contributed by atoms with van der Waals surface area (Å²) < 4.78 is 3.67. The van der Waals surface area contributed by atoms with Crippen molar-refractivity contribution in [1.82, 2.24) is 19.6 Å². The maximum absolute atomic E-state index is 13.1. The van der Waals surface area contributed by atoms with Gasteiger partial charge in [0.25, 0.3) is 11.8 Å². The number of carboxylic acids is 1. The number of nitrogens with one attached hydrogen (secondary N) is 1. The fraction of sp³-hybridized carbons (Fsp3) is 0.304. The van der Waals surface area contributed by atoms with Crippen LogP contribution in [0.3, 0.4) is 0 Å². The quantitative estimate of drug-likeness (QED) is 0.121. The number of β-lactam (4-membered cyclic amide) rings is 1. The van der Waals surface area contributed by atoms with Gasteiger partial charge in [-0.2, -0.15) is 4.57 Å². The number of aliphatic hydroxyl groups is 1. The molecule has 2 aliphatic rings. The molecule has 5 N–H and O–H groups in total. The minimum atomic E-state index is -1.22. The molecule has 0 spiro atoms. The van der Waals surface area contributed by atoms with Crippen molar-refractivity contribution in [2.45, 2.75) is 31.5 Å². The first kappa shape index (κ1) is 25.7. The van der Waals surface area contributed by atoms with Crippen LogP contribution >= 0.6 is 23.1 Å². The standard InChI is InChI=1S/C23H23N7O6S2/c1-2-36-27-16(14-11-38-23(24)25-14)19(32)26-17-20(33)30-18(22(34)35)13(10-37-21(17)30)7-28-5-6-29-4-3-12(9-31)15(29)8-28/h3-6,8,11,17,21,31H,2,7,9-10H2,1H3,(H3-,24,25,26,32,34,35)/p+1/t17-,21+/m1/s1. The molecule has 2 aliphatic heterocycles. The second-order valence-electron chi connectivity index (χ2n) is 8.44. The molecule has 198 valence electrons. The lowest BCUT2D eigenvalue weighted by Gasteiger charge is -2.49. The number of nitrogens with zero attached hydrogens (tertiary/aromatic N) is 5. The lowest BCUT2D eigenvalue weighted by molar-refractivity contribution is -0.688. The normalized spacial score (nSPS) is 19.4.